The van der Waals surface area contributed by atoms with Crippen LogP contribution in [0.2, 0.25) is 10.0 Å². The third kappa shape index (κ3) is 5.25. The lowest BCUT2D eigenvalue weighted by Gasteiger charge is -2.18. The molecule has 1 heterocycles. The maximum atomic E-state index is 12.7. The highest BCUT2D eigenvalue weighted by Gasteiger charge is 2.23. The fourth-order valence-corrected chi connectivity index (χ4v) is 3.99. The monoisotopic (exact) mass is 424 g/mol. The number of carbonyl (C=O) groups is 1. The van der Waals surface area contributed by atoms with E-state index < -0.39 is 10.0 Å². The van der Waals surface area contributed by atoms with Crippen molar-refractivity contribution in [2.24, 2.45) is 0 Å². The van der Waals surface area contributed by atoms with E-state index in [0.29, 0.717) is 28.7 Å². The first-order chi connectivity index (χ1) is 12.8. The average molecular weight is 425 g/mol. The van der Waals surface area contributed by atoms with Crippen molar-refractivity contribution in [3.63, 3.8) is 0 Å². The summed E-state index contributed by atoms with van der Waals surface area (Å²) in [6, 6.07) is 11.3. The van der Waals surface area contributed by atoms with E-state index in [1.54, 1.807) is 41.3 Å². The van der Waals surface area contributed by atoms with Crippen LogP contribution in [0.4, 0.5) is 5.69 Å². The van der Waals surface area contributed by atoms with E-state index in [0.717, 1.165) is 18.2 Å². The van der Waals surface area contributed by atoms with E-state index in [-0.39, 0.29) is 17.2 Å². The number of likely N-dealkylation sites (tertiary alicyclic amines) is 1. The first-order valence-corrected chi connectivity index (χ1v) is 10.7. The Morgan fingerprint density at radius 2 is 1.63 bits per heavy atom. The van der Waals surface area contributed by atoms with Gasteiger partial charge in [-0.3, -0.25) is 9.52 Å². The van der Waals surface area contributed by atoms with Gasteiger partial charge < -0.3 is 4.90 Å². The van der Waals surface area contributed by atoms with Crippen LogP contribution in [-0.4, -0.2) is 32.3 Å². The molecule has 1 saturated heterocycles. The fraction of sp³-hybridized carbons (Fsp3) is 0.211. The molecule has 5 nitrogen and oxygen atoms in total. The molecular weight excluding hydrogens is 407 g/mol. The summed E-state index contributed by atoms with van der Waals surface area (Å²) in [5.41, 5.74) is 1.13. The Bertz CT molecular complexity index is 967. The Labute approximate surface area is 168 Å². The lowest BCUT2D eigenvalue weighted by atomic mass is 10.1. The normalized spacial score (nSPS) is 14.7. The van der Waals surface area contributed by atoms with Crippen LogP contribution in [-0.2, 0) is 10.0 Å². The maximum absolute atomic E-state index is 12.7. The van der Waals surface area contributed by atoms with Crippen molar-refractivity contribution >= 4 is 50.9 Å². The minimum absolute atomic E-state index is 0.167. The van der Waals surface area contributed by atoms with Crippen LogP contribution in [0.15, 0.2) is 47.9 Å². The lowest BCUT2D eigenvalue weighted by molar-refractivity contribution is 0.0794. The van der Waals surface area contributed by atoms with Gasteiger partial charge in [-0.2, -0.15) is 0 Å². The summed E-state index contributed by atoms with van der Waals surface area (Å²) in [6.45, 7) is 1.34. The quantitative estimate of drug-likeness (QED) is 0.759. The van der Waals surface area contributed by atoms with Gasteiger partial charge in [0.15, 0.2) is 0 Å². The number of sulfonamides is 1. The number of hydrogen-bond acceptors (Lipinski definition) is 3. The van der Waals surface area contributed by atoms with Crippen LogP contribution >= 0.6 is 23.2 Å². The van der Waals surface area contributed by atoms with Crippen molar-refractivity contribution in [2.45, 2.75) is 12.8 Å². The van der Waals surface area contributed by atoms with E-state index in [1.807, 2.05) is 0 Å². The van der Waals surface area contributed by atoms with Crippen molar-refractivity contribution in [1.82, 2.24) is 4.90 Å². The Hall–Kier alpha value is -2.02. The molecule has 1 N–H and O–H groups in total. The zero-order valence-corrected chi connectivity index (χ0v) is 16.7. The van der Waals surface area contributed by atoms with Crippen LogP contribution in [0, 0.1) is 0 Å². The number of nitrogens with one attached hydrogen (secondary N) is 1. The van der Waals surface area contributed by atoms with Crippen molar-refractivity contribution in [3.05, 3.63) is 69.0 Å². The summed E-state index contributed by atoms with van der Waals surface area (Å²) in [4.78, 5) is 14.4. The standard InChI is InChI=1S/C19H18Cl2N2O3S/c20-15-5-3-14(4-6-15)9-12-27(25,26)22-18-13-16(21)7-8-17(18)19(24)23-10-1-2-11-23/h3-9,12-13,22H,1-2,10-11H2. The molecule has 27 heavy (non-hydrogen) atoms. The molecule has 2 aromatic rings. The minimum Gasteiger partial charge on any atom is -0.339 e. The molecule has 1 aliphatic rings. The topological polar surface area (TPSA) is 66.5 Å². The average Bonchev–Trinajstić information content (AvgIpc) is 3.15. The highest BCUT2D eigenvalue weighted by atomic mass is 35.5. The molecule has 1 fully saturated rings. The summed E-state index contributed by atoms with van der Waals surface area (Å²) >= 11 is 11.8. The van der Waals surface area contributed by atoms with Crippen LogP contribution in [0.25, 0.3) is 6.08 Å². The molecule has 0 spiro atoms. The highest BCUT2D eigenvalue weighted by molar-refractivity contribution is 7.95. The molecule has 0 unspecified atom stereocenters. The Kier molecular flexibility index (Phi) is 6.09. The molecule has 0 aromatic heterocycles. The van der Waals surface area contributed by atoms with Crippen molar-refractivity contribution in [1.29, 1.82) is 0 Å². The second-order valence-electron chi connectivity index (χ2n) is 6.19. The molecule has 3 rings (SSSR count). The van der Waals surface area contributed by atoms with E-state index in [1.165, 1.54) is 12.1 Å². The second kappa shape index (κ2) is 8.33. The van der Waals surface area contributed by atoms with Crippen molar-refractivity contribution in [2.75, 3.05) is 17.8 Å². The van der Waals surface area contributed by atoms with E-state index >= 15 is 0 Å². The first-order valence-electron chi connectivity index (χ1n) is 8.39. The van der Waals surface area contributed by atoms with Gasteiger partial charge in [-0.25, -0.2) is 8.42 Å². The van der Waals surface area contributed by atoms with Gasteiger partial charge in [0.2, 0.25) is 0 Å². The number of benzene rings is 2. The zero-order valence-electron chi connectivity index (χ0n) is 14.4. The van der Waals surface area contributed by atoms with Crippen LogP contribution < -0.4 is 4.72 Å². The third-order valence-corrected chi connectivity index (χ3v) is 5.65. The Balaban J connectivity index is 1.83. The minimum atomic E-state index is -3.83. The Morgan fingerprint density at radius 3 is 2.30 bits per heavy atom. The Morgan fingerprint density at radius 1 is 1.00 bits per heavy atom. The number of nitrogens with zero attached hydrogens (tertiary/aromatic N) is 1. The second-order valence-corrected chi connectivity index (χ2v) is 8.63. The first kappa shape index (κ1) is 19.7. The van der Waals surface area contributed by atoms with E-state index in [2.05, 4.69) is 4.72 Å². The molecule has 8 heteroatoms. The molecule has 0 saturated carbocycles. The molecule has 142 valence electrons. The molecule has 0 radical (unpaired) electrons. The van der Waals surface area contributed by atoms with Crippen LogP contribution in [0.1, 0.15) is 28.8 Å². The SMILES string of the molecule is O=C(c1ccc(Cl)cc1NS(=O)(=O)C=Cc1ccc(Cl)cc1)N1CCCC1. The zero-order chi connectivity index (χ0) is 19.4. The van der Waals surface area contributed by atoms with Crippen molar-refractivity contribution in [3.8, 4) is 0 Å². The number of halogens is 2. The summed E-state index contributed by atoms with van der Waals surface area (Å²) in [6.07, 6.45) is 3.35. The van der Waals surface area contributed by atoms with E-state index in [9.17, 15) is 13.2 Å². The molecule has 0 atom stereocenters. The van der Waals surface area contributed by atoms with Gasteiger partial charge in [0.1, 0.15) is 0 Å². The summed E-state index contributed by atoms with van der Waals surface area (Å²) in [5.74, 6) is -0.205. The number of anilines is 1. The smallest absolute Gasteiger partial charge is 0.255 e. The largest absolute Gasteiger partial charge is 0.339 e. The molecular formula is C19H18Cl2N2O3S. The molecule has 1 aliphatic heterocycles. The predicted octanol–water partition coefficient (Wildman–Crippen LogP) is 4.64. The lowest BCUT2D eigenvalue weighted by Crippen LogP contribution is -2.28. The van der Waals surface area contributed by atoms with Gasteiger partial charge in [0.25, 0.3) is 15.9 Å². The van der Waals surface area contributed by atoms with Crippen LogP contribution in [0.3, 0.4) is 0 Å². The number of rotatable bonds is 5. The molecule has 2 aromatic carbocycles. The predicted molar refractivity (Wildman–Crippen MR) is 110 cm³/mol. The number of amides is 1. The third-order valence-electron chi connectivity index (χ3n) is 4.17. The highest BCUT2D eigenvalue weighted by Crippen LogP contribution is 2.25. The van der Waals surface area contributed by atoms with Crippen LogP contribution in [0.5, 0.6) is 0 Å². The molecule has 0 aliphatic carbocycles. The van der Waals surface area contributed by atoms with Gasteiger partial charge >= 0.3 is 0 Å². The number of carbonyl (C=O) groups excluding carboxylic acids is 1. The van der Waals surface area contributed by atoms with Gasteiger partial charge in [-0.05, 0) is 54.8 Å². The van der Waals surface area contributed by atoms with Crippen molar-refractivity contribution < 1.29 is 13.2 Å². The fourth-order valence-electron chi connectivity index (χ4n) is 2.81. The van der Waals surface area contributed by atoms with Gasteiger partial charge in [-0.1, -0.05) is 35.3 Å². The maximum Gasteiger partial charge on any atom is 0.255 e. The summed E-state index contributed by atoms with van der Waals surface area (Å²) in [5, 5.41) is 1.95. The summed E-state index contributed by atoms with van der Waals surface area (Å²) < 4.78 is 27.4. The number of hydrogen-bond donors (Lipinski definition) is 1. The van der Waals surface area contributed by atoms with E-state index in [4.69, 9.17) is 23.2 Å². The molecule has 0 bridgehead atoms. The molecule has 1 amide bonds. The van der Waals surface area contributed by atoms with Gasteiger partial charge in [0.05, 0.1) is 16.7 Å². The summed E-state index contributed by atoms with van der Waals surface area (Å²) in [7, 11) is -3.83. The van der Waals surface area contributed by atoms with Gasteiger partial charge in [-0.15, -0.1) is 0 Å². The van der Waals surface area contributed by atoms with Gasteiger partial charge in [0, 0.05) is 23.1 Å².